The summed E-state index contributed by atoms with van der Waals surface area (Å²) < 4.78 is 0. The molecule has 1 aromatic heterocycles. The number of nitrogens with one attached hydrogen (secondary N) is 1. The smallest absolute Gasteiger partial charge is 0.249 e. The molecule has 5 nitrogen and oxygen atoms in total. The van der Waals surface area contributed by atoms with Crippen LogP contribution in [-0.4, -0.2) is 15.9 Å². The number of amides is 1. The van der Waals surface area contributed by atoms with Gasteiger partial charge in [-0.1, -0.05) is 29.8 Å². The van der Waals surface area contributed by atoms with Crippen molar-refractivity contribution < 1.29 is 4.79 Å². The average molecular weight is 297 g/mol. The minimum absolute atomic E-state index is 0.0927. The number of benzene rings is 1. The number of hydrogen-bond donors (Lipinski definition) is 2. The number of nitrogens with zero attached hydrogens (tertiary/aromatic N) is 2. The standard InChI is InChI=1S/C12H10Cl2N4O/c13-9-6-17-12(14)18-11(9)16-5-7-3-1-2-4-8(7)10(15)19/h1-4,6H,5H2,(H2,15,19)(H,16,17,18). The highest BCUT2D eigenvalue weighted by Crippen LogP contribution is 2.20. The van der Waals surface area contributed by atoms with E-state index in [0.29, 0.717) is 22.9 Å². The summed E-state index contributed by atoms with van der Waals surface area (Å²) >= 11 is 11.6. The molecule has 0 saturated heterocycles. The molecule has 0 saturated carbocycles. The summed E-state index contributed by atoms with van der Waals surface area (Å²) in [4.78, 5) is 19.0. The summed E-state index contributed by atoms with van der Waals surface area (Å²) in [5.74, 6) is -0.0786. The summed E-state index contributed by atoms with van der Waals surface area (Å²) in [6, 6.07) is 7.02. The van der Waals surface area contributed by atoms with E-state index in [1.165, 1.54) is 6.20 Å². The first-order valence-electron chi connectivity index (χ1n) is 5.37. The van der Waals surface area contributed by atoms with Crippen molar-refractivity contribution in [2.45, 2.75) is 6.54 Å². The molecule has 0 fully saturated rings. The number of primary amides is 1. The molecule has 0 unspecified atom stereocenters. The van der Waals surface area contributed by atoms with E-state index in [9.17, 15) is 4.79 Å². The van der Waals surface area contributed by atoms with Gasteiger partial charge in [0, 0.05) is 12.1 Å². The number of rotatable bonds is 4. The van der Waals surface area contributed by atoms with E-state index in [2.05, 4.69) is 15.3 Å². The molecule has 1 aromatic carbocycles. The van der Waals surface area contributed by atoms with Crippen molar-refractivity contribution >= 4 is 34.9 Å². The van der Waals surface area contributed by atoms with Gasteiger partial charge in [0.05, 0.1) is 6.20 Å². The second-order valence-corrected chi connectivity index (χ2v) is 4.46. The van der Waals surface area contributed by atoms with E-state index in [0.717, 1.165) is 5.56 Å². The highest BCUT2D eigenvalue weighted by atomic mass is 35.5. The van der Waals surface area contributed by atoms with Crippen LogP contribution in [0.3, 0.4) is 0 Å². The fraction of sp³-hybridized carbons (Fsp3) is 0.0833. The zero-order chi connectivity index (χ0) is 13.8. The van der Waals surface area contributed by atoms with Gasteiger partial charge in [0.1, 0.15) is 10.8 Å². The Labute approximate surface area is 119 Å². The van der Waals surface area contributed by atoms with Crippen molar-refractivity contribution in [1.82, 2.24) is 9.97 Å². The molecule has 2 aromatic rings. The molecule has 0 radical (unpaired) electrons. The van der Waals surface area contributed by atoms with Crippen LogP contribution in [-0.2, 0) is 6.54 Å². The van der Waals surface area contributed by atoms with Gasteiger partial charge in [-0.25, -0.2) is 4.98 Å². The van der Waals surface area contributed by atoms with Crippen LogP contribution in [0.15, 0.2) is 30.5 Å². The molecule has 1 amide bonds. The summed E-state index contributed by atoms with van der Waals surface area (Å²) in [7, 11) is 0. The monoisotopic (exact) mass is 296 g/mol. The molecule has 19 heavy (non-hydrogen) atoms. The minimum atomic E-state index is -0.482. The van der Waals surface area contributed by atoms with Crippen molar-refractivity contribution in [2.75, 3.05) is 5.32 Å². The molecule has 0 aliphatic rings. The number of carbonyl (C=O) groups excluding carboxylic acids is 1. The van der Waals surface area contributed by atoms with E-state index in [1.54, 1.807) is 18.2 Å². The van der Waals surface area contributed by atoms with Crippen LogP contribution in [0, 0.1) is 0 Å². The molecular weight excluding hydrogens is 287 g/mol. The topological polar surface area (TPSA) is 80.9 Å². The zero-order valence-electron chi connectivity index (χ0n) is 9.73. The Kier molecular flexibility index (Phi) is 4.19. The van der Waals surface area contributed by atoms with E-state index in [4.69, 9.17) is 28.9 Å². The Morgan fingerprint density at radius 3 is 2.79 bits per heavy atom. The first-order chi connectivity index (χ1) is 9.08. The average Bonchev–Trinajstić information content (AvgIpc) is 2.40. The van der Waals surface area contributed by atoms with Crippen LogP contribution in [0.25, 0.3) is 0 Å². The lowest BCUT2D eigenvalue weighted by atomic mass is 10.1. The number of halogens is 2. The number of carbonyl (C=O) groups is 1. The van der Waals surface area contributed by atoms with Crippen LogP contribution in [0.5, 0.6) is 0 Å². The number of hydrogen-bond acceptors (Lipinski definition) is 4. The summed E-state index contributed by atoms with van der Waals surface area (Å²) in [5, 5.41) is 3.43. The third-order valence-corrected chi connectivity index (χ3v) is 2.90. The first-order valence-corrected chi connectivity index (χ1v) is 6.13. The number of aromatic nitrogens is 2. The second kappa shape index (κ2) is 5.86. The van der Waals surface area contributed by atoms with E-state index < -0.39 is 5.91 Å². The van der Waals surface area contributed by atoms with Crippen LogP contribution in [0.2, 0.25) is 10.3 Å². The van der Waals surface area contributed by atoms with Crippen molar-refractivity contribution in [2.24, 2.45) is 5.73 Å². The van der Waals surface area contributed by atoms with Crippen LogP contribution in [0.4, 0.5) is 5.82 Å². The number of anilines is 1. The fourth-order valence-corrected chi connectivity index (χ4v) is 1.85. The molecule has 0 bridgehead atoms. The van der Waals surface area contributed by atoms with Gasteiger partial charge in [-0.3, -0.25) is 4.79 Å². The van der Waals surface area contributed by atoms with Gasteiger partial charge in [-0.15, -0.1) is 0 Å². The van der Waals surface area contributed by atoms with Gasteiger partial charge in [0.2, 0.25) is 11.2 Å². The molecule has 98 valence electrons. The summed E-state index contributed by atoms with van der Waals surface area (Å²) in [6.45, 7) is 0.353. The molecule has 3 N–H and O–H groups in total. The summed E-state index contributed by atoms with van der Waals surface area (Å²) in [6.07, 6.45) is 1.40. The summed E-state index contributed by atoms with van der Waals surface area (Å²) in [5.41, 5.74) is 6.50. The Morgan fingerprint density at radius 1 is 1.32 bits per heavy atom. The molecule has 0 atom stereocenters. The lowest BCUT2D eigenvalue weighted by molar-refractivity contribution is 0.0999. The van der Waals surface area contributed by atoms with Gasteiger partial charge in [0.15, 0.2) is 0 Å². The second-order valence-electron chi connectivity index (χ2n) is 3.71. The van der Waals surface area contributed by atoms with Crippen LogP contribution in [0.1, 0.15) is 15.9 Å². The lowest BCUT2D eigenvalue weighted by Crippen LogP contribution is -2.15. The minimum Gasteiger partial charge on any atom is -0.366 e. The van der Waals surface area contributed by atoms with Crippen molar-refractivity contribution in [3.8, 4) is 0 Å². The van der Waals surface area contributed by atoms with Crippen LogP contribution < -0.4 is 11.1 Å². The Balaban J connectivity index is 2.19. The molecule has 0 spiro atoms. The molecule has 2 rings (SSSR count). The van der Waals surface area contributed by atoms with Crippen molar-refractivity contribution in [1.29, 1.82) is 0 Å². The molecule has 0 aliphatic heterocycles. The van der Waals surface area contributed by atoms with Gasteiger partial charge in [0.25, 0.3) is 0 Å². The van der Waals surface area contributed by atoms with Crippen molar-refractivity contribution in [3.63, 3.8) is 0 Å². The Hall–Kier alpha value is -1.85. The van der Waals surface area contributed by atoms with Crippen molar-refractivity contribution in [3.05, 3.63) is 51.9 Å². The lowest BCUT2D eigenvalue weighted by Gasteiger charge is -2.09. The van der Waals surface area contributed by atoms with E-state index in [1.807, 2.05) is 6.07 Å². The predicted octanol–water partition coefficient (Wildman–Crippen LogP) is 2.49. The highest BCUT2D eigenvalue weighted by Gasteiger charge is 2.08. The van der Waals surface area contributed by atoms with E-state index >= 15 is 0 Å². The van der Waals surface area contributed by atoms with Gasteiger partial charge >= 0.3 is 0 Å². The zero-order valence-corrected chi connectivity index (χ0v) is 11.2. The highest BCUT2D eigenvalue weighted by molar-refractivity contribution is 6.33. The Bertz CT molecular complexity index is 618. The number of nitrogens with two attached hydrogens (primary N) is 1. The molecule has 1 heterocycles. The van der Waals surface area contributed by atoms with Gasteiger partial charge in [-0.2, -0.15) is 4.98 Å². The third kappa shape index (κ3) is 3.33. The van der Waals surface area contributed by atoms with Crippen LogP contribution >= 0.6 is 23.2 Å². The Morgan fingerprint density at radius 2 is 2.05 bits per heavy atom. The normalized spacial score (nSPS) is 10.2. The van der Waals surface area contributed by atoms with E-state index in [-0.39, 0.29) is 5.28 Å². The SMILES string of the molecule is NC(=O)c1ccccc1CNc1nc(Cl)ncc1Cl. The fourth-order valence-electron chi connectivity index (χ4n) is 1.56. The predicted molar refractivity (Wildman–Crippen MR) is 74.3 cm³/mol. The maximum atomic E-state index is 11.3. The maximum absolute atomic E-state index is 11.3. The first kappa shape index (κ1) is 13.6. The quantitative estimate of drug-likeness (QED) is 0.850. The maximum Gasteiger partial charge on any atom is 0.249 e. The van der Waals surface area contributed by atoms with Gasteiger partial charge < -0.3 is 11.1 Å². The largest absolute Gasteiger partial charge is 0.366 e. The third-order valence-electron chi connectivity index (χ3n) is 2.44. The molecular formula is C12H10Cl2N4O. The molecule has 7 heteroatoms. The van der Waals surface area contributed by atoms with Gasteiger partial charge in [-0.05, 0) is 23.2 Å². The molecule has 0 aliphatic carbocycles.